The van der Waals surface area contributed by atoms with Crippen molar-refractivity contribution in [3.63, 3.8) is 0 Å². The lowest BCUT2D eigenvalue weighted by Gasteiger charge is -2.09. The Kier molecular flexibility index (Phi) is 6.47. The molecule has 0 fully saturated rings. The summed E-state index contributed by atoms with van der Waals surface area (Å²) in [5.74, 6) is 0.148. The molecule has 25 heavy (non-hydrogen) atoms. The maximum atomic E-state index is 11.1. The fourth-order valence-corrected chi connectivity index (χ4v) is 2.18. The van der Waals surface area contributed by atoms with Crippen molar-refractivity contribution in [2.75, 3.05) is 23.7 Å². The average molecular weight is 365 g/mol. The van der Waals surface area contributed by atoms with E-state index in [4.69, 9.17) is 11.6 Å². The van der Waals surface area contributed by atoms with Gasteiger partial charge in [-0.3, -0.25) is 14.9 Å². The van der Waals surface area contributed by atoms with Crippen molar-refractivity contribution in [3.8, 4) is 0 Å². The summed E-state index contributed by atoms with van der Waals surface area (Å²) < 4.78 is 0. The van der Waals surface area contributed by atoms with Gasteiger partial charge < -0.3 is 16.0 Å². The van der Waals surface area contributed by atoms with Gasteiger partial charge in [-0.2, -0.15) is 4.98 Å². The molecule has 9 nitrogen and oxygen atoms in total. The topological polar surface area (TPSA) is 122 Å². The van der Waals surface area contributed by atoms with Crippen LogP contribution in [0.15, 0.2) is 30.5 Å². The highest BCUT2D eigenvalue weighted by molar-refractivity contribution is 6.30. The van der Waals surface area contributed by atoms with E-state index in [1.165, 1.54) is 6.92 Å². The lowest BCUT2D eigenvalue weighted by Crippen LogP contribution is -2.26. The summed E-state index contributed by atoms with van der Waals surface area (Å²) in [7, 11) is 0. The van der Waals surface area contributed by atoms with Crippen LogP contribution in [0.5, 0.6) is 0 Å². The molecular weight excluding hydrogens is 348 g/mol. The fraction of sp³-hybridized carbons (Fsp3) is 0.267. The lowest BCUT2D eigenvalue weighted by atomic mass is 10.2. The van der Waals surface area contributed by atoms with E-state index in [-0.39, 0.29) is 23.4 Å². The van der Waals surface area contributed by atoms with Crippen LogP contribution in [0.25, 0.3) is 0 Å². The van der Waals surface area contributed by atoms with Crippen LogP contribution in [0.2, 0.25) is 5.02 Å². The van der Waals surface area contributed by atoms with Crippen LogP contribution < -0.4 is 16.0 Å². The van der Waals surface area contributed by atoms with Crippen molar-refractivity contribution in [3.05, 3.63) is 51.2 Å². The van der Waals surface area contributed by atoms with Gasteiger partial charge in [0.2, 0.25) is 17.7 Å². The van der Waals surface area contributed by atoms with Gasteiger partial charge in [0.25, 0.3) is 0 Å². The van der Waals surface area contributed by atoms with Crippen LogP contribution >= 0.6 is 11.6 Å². The van der Waals surface area contributed by atoms with Gasteiger partial charge in [-0.25, -0.2) is 4.98 Å². The Hall–Kier alpha value is -2.94. The minimum absolute atomic E-state index is 0.0824. The summed E-state index contributed by atoms with van der Waals surface area (Å²) in [6, 6.07) is 7.28. The van der Waals surface area contributed by atoms with Gasteiger partial charge in [-0.1, -0.05) is 23.7 Å². The lowest BCUT2D eigenvalue weighted by molar-refractivity contribution is -0.384. The number of rotatable bonds is 8. The van der Waals surface area contributed by atoms with Crippen molar-refractivity contribution in [1.82, 2.24) is 15.3 Å². The number of nitrogens with zero attached hydrogens (tertiary/aromatic N) is 3. The monoisotopic (exact) mass is 364 g/mol. The molecule has 0 aliphatic heterocycles. The molecule has 2 aromatic rings. The number of nitro groups is 1. The molecule has 0 atom stereocenters. The average Bonchev–Trinajstić information content (AvgIpc) is 2.56. The van der Waals surface area contributed by atoms with Crippen LogP contribution in [0.4, 0.5) is 17.5 Å². The van der Waals surface area contributed by atoms with Crippen molar-refractivity contribution in [2.45, 2.75) is 13.5 Å². The molecule has 1 amide bonds. The number of anilines is 2. The first-order valence-corrected chi connectivity index (χ1v) is 7.81. The molecule has 0 aliphatic carbocycles. The number of nitrogens with one attached hydrogen (secondary N) is 3. The molecule has 1 heterocycles. The van der Waals surface area contributed by atoms with E-state index in [0.717, 1.165) is 11.8 Å². The van der Waals surface area contributed by atoms with E-state index in [0.29, 0.717) is 24.7 Å². The van der Waals surface area contributed by atoms with Crippen LogP contribution in [0.3, 0.4) is 0 Å². The molecule has 0 radical (unpaired) electrons. The predicted molar refractivity (Wildman–Crippen MR) is 94.6 cm³/mol. The highest BCUT2D eigenvalue weighted by Gasteiger charge is 2.17. The second kappa shape index (κ2) is 8.78. The third-order valence-electron chi connectivity index (χ3n) is 3.10. The highest BCUT2D eigenvalue weighted by atomic mass is 35.5. The molecule has 0 saturated heterocycles. The number of halogens is 1. The summed E-state index contributed by atoms with van der Waals surface area (Å²) in [5.41, 5.74) is 0.686. The summed E-state index contributed by atoms with van der Waals surface area (Å²) in [4.78, 5) is 29.4. The Balaban J connectivity index is 2.04. The Morgan fingerprint density at radius 1 is 1.32 bits per heavy atom. The molecule has 0 unspecified atom stereocenters. The molecule has 0 spiro atoms. The van der Waals surface area contributed by atoms with Crippen LogP contribution in [0.1, 0.15) is 12.5 Å². The summed E-state index contributed by atoms with van der Waals surface area (Å²) in [5, 5.41) is 20.1. The summed E-state index contributed by atoms with van der Waals surface area (Å²) in [6.45, 7) is 2.43. The molecule has 1 aromatic carbocycles. The van der Waals surface area contributed by atoms with Gasteiger partial charge in [0.05, 0.1) is 4.92 Å². The van der Waals surface area contributed by atoms with Crippen LogP contribution in [0, 0.1) is 10.1 Å². The van der Waals surface area contributed by atoms with E-state index in [1.54, 1.807) is 12.1 Å². The van der Waals surface area contributed by atoms with Gasteiger partial charge in [0.15, 0.2) is 0 Å². The van der Waals surface area contributed by atoms with E-state index in [1.807, 2.05) is 12.1 Å². The van der Waals surface area contributed by atoms with Crippen LogP contribution in [-0.2, 0) is 11.3 Å². The van der Waals surface area contributed by atoms with E-state index >= 15 is 0 Å². The first-order chi connectivity index (χ1) is 12.0. The third kappa shape index (κ3) is 5.88. The summed E-state index contributed by atoms with van der Waals surface area (Å²) >= 11 is 5.93. The number of carbonyl (C=O) groups excluding carboxylic acids is 1. The molecule has 0 aliphatic rings. The Morgan fingerprint density at radius 3 is 2.80 bits per heavy atom. The SMILES string of the molecule is CC(=O)NCCNc1nc(NCc2cccc(Cl)c2)ncc1[N+](=O)[O-]. The zero-order valence-electron chi connectivity index (χ0n) is 13.5. The Bertz CT molecular complexity index is 771. The van der Waals surface area contributed by atoms with E-state index < -0.39 is 4.92 Å². The first kappa shape index (κ1) is 18.4. The molecule has 0 bridgehead atoms. The molecule has 2 rings (SSSR count). The number of amides is 1. The smallest absolute Gasteiger partial charge is 0.329 e. The molecule has 0 saturated carbocycles. The van der Waals surface area contributed by atoms with E-state index in [2.05, 4.69) is 25.9 Å². The predicted octanol–water partition coefficient (Wildman–Crippen LogP) is 2.20. The van der Waals surface area contributed by atoms with Gasteiger partial charge >= 0.3 is 5.69 Å². The van der Waals surface area contributed by atoms with Crippen molar-refractivity contribution in [2.24, 2.45) is 0 Å². The van der Waals surface area contributed by atoms with Crippen molar-refractivity contribution >= 4 is 35.0 Å². The first-order valence-electron chi connectivity index (χ1n) is 7.44. The molecule has 3 N–H and O–H groups in total. The normalized spacial score (nSPS) is 10.2. The molecule has 132 valence electrons. The number of aromatic nitrogens is 2. The zero-order chi connectivity index (χ0) is 18.2. The highest BCUT2D eigenvalue weighted by Crippen LogP contribution is 2.22. The van der Waals surface area contributed by atoms with Gasteiger partial charge in [-0.05, 0) is 17.7 Å². The second-order valence-corrected chi connectivity index (χ2v) is 5.51. The molecule has 10 heteroatoms. The number of hydrogen-bond donors (Lipinski definition) is 3. The third-order valence-corrected chi connectivity index (χ3v) is 3.33. The van der Waals surface area contributed by atoms with Gasteiger partial charge in [0, 0.05) is 31.6 Å². The molecular formula is C15H17ClN6O3. The Morgan fingerprint density at radius 2 is 2.12 bits per heavy atom. The second-order valence-electron chi connectivity index (χ2n) is 5.08. The summed E-state index contributed by atoms with van der Waals surface area (Å²) in [6.07, 6.45) is 1.13. The standard InChI is InChI=1S/C15H17ClN6O3/c1-10(23)17-5-6-18-14-13(22(24)25)9-20-15(21-14)19-8-11-3-2-4-12(16)7-11/h2-4,7,9H,5-6,8H2,1H3,(H,17,23)(H2,18,19,20,21). The van der Waals surface area contributed by atoms with Crippen LogP contribution in [-0.4, -0.2) is 33.9 Å². The minimum atomic E-state index is -0.568. The van der Waals surface area contributed by atoms with Crippen molar-refractivity contribution < 1.29 is 9.72 Å². The van der Waals surface area contributed by atoms with Gasteiger partial charge in [-0.15, -0.1) is 0 Å². The maximum absolute atomic E-state index is 11.1. The zero-order valence-corrected chi connectivity index (χ0v) is 14.2. The largest absolute Gasteiger partial charge is 0.362 e. The van der Waals surface area contributed by atoms with Gasteiger partial charge in [0.1, 0.15) is 6.20 Å². The molecule has 1 aromatic heterocycles. The fourth-order valence-electron chi connectivity index (χ4n) is 1.97. The number of hydrogen-bond acceptors (Lipinski definition) is 7. The maximum Gasteiger partial charge on any atom is 0.329 e. The number of carbonyl (C=O) groups is 1. The number of benzene rings is 1. The van der Waals surface area contributed by atoms with Crippen molar-refractivity contribution in [1.29, 1.82) is 0 Å². The minimum Gasteiger partial charge on any atom is -0.362 e. The van der Waals surface area contributed by atoms with E-state index in [9.17, 15) is 14.9 Å². The Labute approximate surface area is 149 Å². The quantitative estimate of drug-likeness (QED) is 0.373.